The number of aromatic nitrogens is 3. The van der Waals surface area contributed by atoms with E-state index >= 15 is 0 Å². The molecule has 1 rings (SSSR count). The lowest BCUT2D eigenvalue weighted by Gasteiger charge is -2.11. The molecule has 1 aromatic heterocycles. The van der Waals surface area contributed by atoms with Crippen LogP contribution in [0, 0.1) is 26.2 Å². The Balaban J connectivity index is 2.72. The van der Waals surface area contributed by atoms with Crippen molar-refractivity contribution in [3.63, 3.8) is 0 Å². The van der Waals surface area contributed by atoms with Crippen LogP contribution in [0.4, 0.5) is 5.95 Å². The number of hydrogen-bond acceptors (Lipinski definition) is 4. The third-order valence-electron chi connectivity index (χ3n) is 2.17. The Morgan fingerprint density at radius 3 is 2.60 bits per heavy atom. The van der Waals surface area contributed by atoms with Crippen LogP contribution in [0.3, 0.4) is 0 Å². The van der Waals surface area contributed by atoms with Gasteiger partial charge in [-0.05, 0) is 20.3 Å². The van der Waals surface area contributed by atoms with E-state index in [1.807, 2.05) is 13.8 Å². The van der Waals surface area contributed by atoms with Crippen molar-refractivity contribution >= 4 is 5.95 Å². The molecule has 0 bridgehead atoms. The van der Waals surface area contributed by atoms with Crippen molar-refractivity contribution in [2.45, 2.75) is 39.7 Å². The van der Waals surface area contributed by atoms with Gasteiger partial charge < -0.3 is 5.32 Å². The standard InChI is InChI=1S/C11H16N4/c1-5-7-10(6-2)13-11-12-8(3)9(4)14-15-11/h2,10H,5,7H2,1,3-4H3,(H,12,13,15). The molecule has 15 heavy (non-hydrogen) atoms. The van der Waals surface area contributed by atoms with E-state index in [1.54, 1.807) is 0 Å². The third kappa shape index (κ3) is 3.21. The minimum atomic E-state index is -0.0149. The Bertz CT molecular complexity index is 367. The van der Waals surface area contributed by atoms with E-state index in [1.165, 1.54) is 0 Å². The third-order valence-corrected chi connectivity index (χ3v) is 2.17. The van der Waals surface area contributed by atoms with Crippen LogP contribution in [0.15, 0.2) is 0 Å². The van der Waals surface area contributed by atoms with Gasteiger partial charge in [0.2, 0.25) is 5.95 Å². The van der Waals surface area contributed by atoms with Crippen LogP contribution in [0.25, 0.3) is 0 Å². The second-order valence-corrected chi connectivity index (χ2v) is 3.46. The van der Waals surface area contributed by atoms with Gasteiger partial charge >= 0.3 is 0 Å². The average molecular weight is 204 g/mol. The molecule has 1 heterocycles. The normalized spacial score (nSPS) is 11.9. The molecule has 0 saturated carbocycles. The van der Waals surface area contributed by atoms with E-state index in [0.29, 0.717) is 5.95 Å². The smallest absolute Gasteiger partial charge is 0.243 e. The zero-order chi connectivity index (χ0) is 11.3. The second kappa shape index (κ2) is 5.30. The minimum Gasteiger partial charge on any atom is -0.339 e. The molecule has 1 N–H and O–H groups in total. The van der Waals surface area contributed by atoms with Crippen LogP contribution in [0.2, 0.25) is 0 Å². The van der Waals surface area contributed by atoms with Gasteiger partial charge in [-0.25, -0.2) is 4.98 Å². The van der Waals surface area contributed by atoms with Crippen LogP contribution in [0.5, 0.6) is 0 Å². The molecule has 1 atom stereocenters. The molecular weight excluding hydrogens is 188 g/mol. The topological polar surface area (TPSA) is 50.7 Å². The molecule has 1 unspecified atom stereocenters. The number of rotatable bonds is 4. The molecule has 0 amide bonds. The van der Waals surface area contributed by atoms with Gasteiger partial charge in [0, 0.05) is 0 Å². The van der Waals surface area contributed by atoms with Gasteiger partial charge in [0.15, 0.2) is 0 Å². The number of hydrogen-bond donors (Lipinski definition) is 1. The number of aryl methyl sites for hydroxylation is 2. The van der Waals surface area contributed by atoms with Crippen molar-refractivity contribution in [2.24, 2.45) is 0 Å². The first-order valence-electron chi connectivity index (χ1n) is 5.08. The van der Waals surface area contributed by atoms with Crippen molar-refractivity contribution in [1.82, 2.24) is 15.2 Å². The van der Waals surface area contributed by atoms with Crippen LogP contribution >= 0.6 is 0 Å². The van der Waals surface area contributed by atoms with Crippen LogP contribution in [-0.2, 0) is 0 Å². The van der Waals surface area contributed by atoms with Crippen molar-refractivity contribution in [2.75, 3.05) is 5.32 Å². The highest BCUT2D eigenvalue weighted by Crippen LogP contribution is 2.06. The number of anilines is 1. The molecule has 4 nitrogen and oxygen atoms in total. The predicted octanol–water partition coefficient (Wildman–Crippen LogP) is 1.70. The molecule has 0 aromatic carbocycles. The summed E-state index contributed by atoms with van der Waals surface area (Å²) in [5.74, 6) is 3.18. The Kier molecular flexibility index (Phi) is 4.04. The van der Waals surface area contributed by atoms with E-state index in [9.17, 15) is 0 Å². The molecule has 0 aliphatic heterocycles. The molecule has 0 fully saturated rings. The number of nitrogens with one attached hydrogen (secondary N) is 1. The maximum absolute atomic E-state index is 5.39. The molecule has 1 aromatic rings. The molecule has 0 radical (unpaired) electrons. The van der Waals surface area contributed by atoms with Crippen LogP contribution in [0.1, 0.15) is 31.2 Å². The van der Waals surface area contributed by atoms with E-state index in [0.717, 1.165) is 24.2 Å². The Morgan fingerprint density at radius 1 is 1.33 bits per heavy atom. The summed E-state index contributed by atoms with van der Waals surface area (Å²) in [6, 6.07) is -0.0149. The van der Waals surface area contributed by atoms with Crippen molar-refractivity contribution in [3.05, 3.63) is 11.4 Å². The fraction of sp³-hybridized carbons (Fsp3) is 0.545. The minimum absolute atomic E-state index is 0.0149. The zero-order valence-corrected chi connectivity index (χ0v) is 9.41. The van der Waals surface area contributed by atoms with E-state index in [-0.39, 0.29) is 6.04 Å². The van der Waals surface area contributed by atoms with Gasteiger partial charge in [0.25, 0.3) is 0 Å². The van der Waals surface area contributed by atoms with Crippen molar-refractivity contribution < 1.29 is 0 Å². The summed E-state index contributed by atoms with van der Waals surface area (Å²) in [6.07, 6.45) is 7.32. The fourth-order valence-corrected chi connectivity index (χ4v) is 1.16. The predicted molar refractivity (Wildman–Crippen MR) is 60.5 cm³/mol. The first kappa shape index (κ1) is 11.4. The Morgan fingerprint density at radius 2 is 2.07 bits per heavy atom. The Hall–Kier alpha value is -1.63. The monoisotopic (exact) mass is 204 g/mol. The highest BCUT2D eigenvalue weighted by Gasteiger charge is 2.06. The largest absolute Gasteiger partial charge is 0.339 e. The maximum atomic E-state index is 5.39. The summed E-state index contributed by atoms with van der Waals surface area (Å²) in [5.41, 5.74) is 1.72. The maximum Gasteiger partial charge on any atom is 0.243 e. The van der Waals surface area contributed by atoms with E-state index < -0.39 is 0 Å². The SMILES string of the molecule is C#CC(CCC)Nc1nnc(C)c(C)n1. The summed E-state index contributed by atoms with van der Waals surface area (Å²) in [6.45, 7) is 5.87. The molecular formula is C11H16N4. The average Bonchev–Trinajstić information content (AvgIpc) is 2.23. The van der Waals surface area contributed by atoms with Gasteiger partial charge in [0.1, 0.15) is 0 Å². The molecule has 0 aliphatic rings. The highest BCUT2D eigenvalue weighted by molar-refractivity contribution is 5.29. The lowest BCUT2D eigenvalue weighted by Crippen LogP contribution is -2.19. The zero-order valence-electron chi connectivity index (χ0n) is 9.41. The lowest BCUT2D eigenvalue weighted by molar-refractivity contribution is 0.740. The van der Waals surface area contributed by atoms with Gasteiger partial charge in [0.05, 0.1) is 17.4 Å². The first-order chi connectivity index (χ1) is 7.17. The van der Waals surface area contributed by atoms with Crippen LogP contribution < -0.4 is 5.32 Å². The van der Waals surface area contributed by atoms with Crippen molar-refractivity contribution in [3.8, 4) is 12.3 Å². The Labute approximate surface area is 90.5 Å². The van der Waals surface area contributed by atoms with Gasteiger partial charge in [-0.15, -0.1) is 11.5 Å². The summed E-state index contributed by atoms with van der Waals surface area (Å²) < 4.78 is 0. The van der Waals surface area contributed by atoms with Gasteiger partial charge in [-0.2, -0.15) is 5.10 Å². The van der Waals surface area contributed by atoms with Gasteiger partial charge in [-0.1, -0.05) is 19.3 Å². The summed E-state index contributed by atoms with van der Waals surface area (Å²) >= 11 is 0. The second-order valence-electron chi connectivity index (χ2n) is 3.46. The molecule has 80 valence electrons. The van der Waals surface area contributed by atoms with Crippen LogP contribution in [-0.4, -0.2) is 21.2 Å². The summed E-state index contributed by atoms with van der Waals surface area (Å²) in [7, 11) is 0. The quantitative estimate of drug-likeness (QED) is 0.758. The van der Waals surface area contributed by atoms with Gasteiger partial charge in [-0.3, -0.25) is 0 Å². The molecule has 0 saturated heterocycles. The van der Waals surface area contributed by atoms with E-state index in [4.69, 9.17) is 6.42 Å². The summed E-state index contributed by atoms with van der Waals surface area (Å²) in [4.78, 5) is 4.26. The fourth-order valence-electron chi connectivity index (χ4n) is 1.16. The summed E-state index contributed by atoms with van der Waals surface area (Å²) in [5, 5.41) is 11.0. The molecule has 0 aliphatic carbocycles. The number of terminal acetylenes is 1. The molecule has 4 heteroatoms. The van der Waals surface area contributed by atoms with Crippen molar-refractivity contribution in [1.29, 1.82) is 0 Å². The first-order valence-corrected chi connectivity index (χ1v) is 5.08. The number of nitrogens with zero attached hydrogens (tertiary/aromatic N) is 3. The highest BCUT2D eigenvalue weighted by atomic mass is 15.2. The molecule has 0 spiro atoms. The van der Waals surface area contributed by atoms with E-state index in [2.05, 4.69) is 33.3 Å². The lowest BCUT2D eigenvalue weighted by atomic mass is 10.2.